The average molecular weight is 255 g/mol. The van der Waals surface area contributed by atoms with Gasteiger partial charge in [0.15, 0.2) is 0 Å². The van der Waals surface area contributed by atoms with Crippen LogP contribution in [0.15, 0.2) is 0 Å². The zero-order valence-corrected chi connectivity index (χ0v) is 13.1. The van der Waals surface area contributed by atoms with Crippen LogP contribution in [0.4, 0.5) is 0 Å². The van der Waals surface area contributed by atoms with E-state index in [1.165, 1.54) is 19.3 Å². The Kier molecular flexibility index (Phi) is 5.67. The average Bonchev–Trinajstić information content (AvgIpc) is 2.28. The standard InChI is InChI=1S/C16H33NO/c1-6-7-13(2)18-16(12-17)10-8-14(9-11-16)15(3,4)5/h13-14H,6-12,17H2,1-5H3. The third-order valence-electron chi connectivity index (χ3n) is 4.64. The maximum absolute atomic E-state index is 6.30. The predicted octanol–water partition coefficient (Wildman–Crippen LogP) is 4.13. The van der Waals surface area contributed by atoms with E-state index in [-0.39, 0.29) is 5.60 Å². The molecule has 0 bridgehead atoms. The quantitative estimate of drug-likeness (QED) is 0.802. The smallest absolute Gasteiger partial charge is 0.0807 e. The van der Waals surface area contributed by atoms with Gasteiger partial charge < -0.3 is 10.5 Å². The zero-order chi connectivity index (χ0) is 13.8. The van der Waals surface area contributed by atoms with Crippen molar-refractivity contribution in [2.24, 2.45) is 17.1 Å². The van der Waals surface area contributed by atoms with Crippen LogP contribution >= 0.6 is 0 Å². The van der Waals surface area contributed by atoms with Crippen molar-refractivity contribution in [2.45, 2.75) is 84.8 Å². The highest BCUT2D eigenvalue weighted by molar-refractivity contribution is 4.91. The highest BCUT2D eigenvalue weighted by atomic mass is 16.5. The number of nitrogens with two attached hydrogens (primary N) is 1. The van der Waals surface area contributed by atoms with Gasteiger partial charge in [0.1, 0.15) is 0 Å². The fourth-order valence-corrected chi connectivity index (χ4v) is 3.27. The second kappa shape index (κ2) is 6.38. The van der Waals surface area contributed by atoms with Gasteiger partial charge in [-0.2, -0.15) is 0 Å². The van der Waals surface area contributed by atoms with Crippen LogP contribution in [0.5, 0.6) is 0 Å². The lowest BCUT2D eigenvalue weighted by molar-refractivity contribution is -0.115. The molecule has 0 spiro atoms. The molecule has 2 N–H and O–H groups in total. The van der Waals surface area contributed by atoms with Gasteiger partial charge >= 0.3 is 0 Å². The van der Waals surface area contributed by atoms with Crippen LogP contribution in [0.3, 0.4) is 0 Å². The van der Waals surface area contributed by atoms with Crippen molar-refractivity contribution < 1.29 is 4.74 Å². The summed E-state index contributed by atoms with van der Waals surface area (Å²) in [5.74, 6) is 0.822. The Morgan fingerprint density at radius 3 is 2.22 bits per heavy atom. The van der Waals surface area contributed by atoms with Gasteiger partial charge in [0, 0.05) is 6.54 Å². The molecule has 1 aliphatic carbocycles. The molecule has 1 atom stereocenters. The lowest BCUT2D eigenvalue weighted by Gasteiger charge is -2.44. The summed E-state index contributed by atoms with van der Waals surface area (Å²) in [6.45, 7) is 12.1. The number of ether oxygens (including phenoxy) is 1. The second-order valence-corrected chi connectivity index (χ2v) is 7.24. The second-order valence-electron chi connectivity index (χ2n) is 7.24. The fourth-order valence-electron chi connectivity index (χ4n) is 3.27. The van der Waals surface area contributed by atoms with E-state index in [0.29, 0.717) is 18.1 Å². The third-order valence-corrected chi connectivity index (χ3v) is 4.64. The van der Waals surface area contributed by atoms with Crippen LogP contribution in [-0.2, 0) is 4.74 Å². The molecular formula is C16H33NO. The van der Waals surface area contributed by atoms with Crippen molar-refractivity contribution in [3.8, 4) is 0 Å². The monoisotopic (exact) mass is 255 g/mol. The summed E-state index contributed by atoms with van der Waals surface area (Å²) in [6.07, 6.45) is 7.49. The summed E-state index contributed by atoms with van der Waals surface area (Å²) < 4.78 is 6.30. The van der Waals surface area contributed by atoms with Crippen molar-refractivity contribution in [2.75, 3.05) is 6.54 Å². The van der Waals surface area contributed by atoms with Gasteiger partial charge in [-0.05, 0) is 50.4 Å². The maximum Gasteiger partial charge on any atom is 0.0807 e. The van der Waals surface area contributed by atoms with Crippen molar-refractivity contribution in [3.05, 3.63) is 0 Å². The summed E-state index contributed by atoms with van der Waals surface area (Å²) >= 11 is 0. The minimum absolute atomic E-state index is 0.0314. The van der Waals surface area contributed by atoms with Gasteiger partial charge in [0.05, 0.1) is 11.7 Å². The minimum Gasteiger partial charge on any atom is -0.371 e. The van der Waals surface area contributed by atoms with Crippen molar-refractivity contribution in [3.63, 3.8) is 0 Å². The molecule has 0 radical (unpaired) electrons. The molecule has 0 aromatic heterocycles. The van der Waals surface area contributed by atoms with E-state index in [1.807, 2.05) is 0 Å². The molecule has 2 heteroatoms. The van der Waals surface area contributed by atoms with Crippen molar-refractivity contribution in [1.82, 2.24) is 0 Å². The van der Waals surface area contributed by atoms with E-state index >= 15 is 0 Å². The first-order chi connectivity index (χ1) is 8.33. The molecule has 1 aliphatic rings. The molecule has 0 heterocycles. The summed E-state index contributed by atoms with van der Waals surface area (Å²) in [5, 5.41) is 0. The summed E-state index contributed by atoms with van der Waals surface area (Å²) in [4.78, 5) is 0. The first kappa shape index (κ1) is 16.0. The number of hydrogen-bond acceptors (Lipinski definition) is 2. The van der Waals surface area contributed by atoms with Crippen LogP contribution in [0.2, 0.25) is 0 Å². The molecule has 1 unspecified atom stereocenters. The number of hydrogen-bond donors (Lipinski definition) is 1. The first-order valence-corrected chi connectivity index (χ1v) is 7.71. The van der Waals surface area contributed by atoms with Crippen LogP contribution in [-0.4, -0.2) is 18.2 Å². The Morgan fingerprint density at radius 2 is 1.83 bits per heavy atom. The Balaban J connectivity index is 2.54. The van der Waals surface area contributed by atoms with Gasteiger partial charge in [-0.1, -0.05) is 34.1 Å². The predicted molar refractivity (Wildman–Crippen MR) is 78.7 cm³/mol. The van der Waals surface area contributed by atoms with E-state index in [1.54, 1.807) is 0 Å². The summed E-state index contributed by atoms with van der Waals surface area (Å²) in [6, 6.07) is 0. The normalized spacial score (nSPS) is 31.3. The van der Waals surface area contributed by atoms with Gasteiger partial charge in [-0.3, -0.25) is 0 Å². The first-order valence-electron chi connectivity index (χ1n) is 7.71. The molecule has 0 aromatic rings. The molecule has 108 valence electrons. The Hall–Kier alpha value is -0.0800. The van der Waals surface area contributed by atoms with Crippen LogP contribution < -0.4 is 5.73 Å². The molecule has 2 nitrogen and oxygen atoms in total. The van der Waals surface area contributed by atoms with Crippen LogP contribution in [0, 0.1) is 11.3 Å². The van der Waals surface area contributed by atoms with E-state index in [0.717, 1.165) is 25.2 Å². The fraction of sp³-hybridized carbons (Fsp3) is 1.00. The van der Waals surface area contributed by atoms with Gasteiger partial charge in [0.2, 0.25) is 0 Å². The SMILES string of the molecule is CCCC(C)OC1(CN)CCC(C(C)(C)C)CC1. The van der Waals surface area contributed by atoms with Crippen LogP contribution in [0.25, 0.3) is 0 Å². The summed E-state index contributed by atoms with van der Waals surface area (Å²) in [5.41, 5.74) is 6.41. The van der Waals surface area contributed by atoms with E-state index in [9.17, 15) is 0 Å². The highest BCUT2D eigenvalue weighted by Gasteiger charge is 2.39. The van der Waals surface area contributed by atoms with Gasteiger partial charge in [-0.25, -0.2) is 0 Å². The third kappa shape index (κ3) is 4.24. The molecule has 0 amide bonds. The molecule has 0 aromatic carbocycles. The Bertz CT molecular complexity index is 236. The lowest BCUT2D eigenvalue weighted by atomic mass is 9.68. The van der Waals surface area contributed by atoms with Crippen molar-refractivity contribution in [1.29, 1.82) is 0 Å². The lowest BCUT2D eigenvalue weighted by Crippen LogP contribution is -2.47. The summed E-state index contributed by atoms with van der Waals surface area (Å²) in [7, 11) is 0. The highest BCUT2D eigenvalue weighted by Crippen LogP contribution is 2.43. The van der Waals surface area contributed by atoms with E-state index < -0.39 is 0 Å². The molecule has 0 aliphatic heterocycles. The van der Waals surface area contributed by atoms with Crippen molar-refractivity contribution >= 4 is 0 Å². The van der Waals surface area contributed by atoms with Gasteiger partial charge in [-0.15, -0.1) is 0 Å². The number of rotatable bonds is 5. The maximum atomic E-state index is 6.30. The Morgan fingerprint density at radius 1 is 1.28 bits per heavy atom. The molecular weight excluding hydrogens is 222 g/mol. The van der Waals surface area contributed by atoms with E-state index in [4.69, 9.17) is 10.5 Å². The zero-order valence-electron chi connectivity index (χ0n) is 13.1. The molecule has 0 saturated heterocycles. The molecule has 18 heavy (non-hydrogen) atoms. The van der Waals surface area contributed by atoms with E-state index in [2.05, 4.69) is 34.6 Å². The molecule has 1 saturated carbocycles. The van der Waals surface area contributed by atoms with Crippen LogP contribution in [0.1, 0.15) is 73.1 Å². The topological polar surface area (TPSA) is 35.2 Å². The molecule has 1 fully saturated rings. The molecule has 1 rings (SSSR count). The minimum atomic E-state index is -0.0314. The van der Waals surface area contributed by atoms with Gasteiger partial charge in [0.25, 0.3) is 0 Å². The Labute approximate surface area is 114 Å². The largest absolute Gasteiger partial charge is 0.371 e.